The maximum atomic E-state index is 3.08. The fourth-order valence-corrected chi connectivity index (χ4v) is 1.18. The highest BCUT2D eigenvalue weighted by molar-refractivity contribution is 5.25. The van der Waals surface area contributed by atoms with Crippen molar-refractivity contribution in [3.8, 4) is 23.7 Å². The molecule has 16 heavy (non-hydrogen) atoms. The first-order valence-electron chi connectivity index (χ1n) is 5.88. The Morgan fingerprint density at radius 2 is 1.06 bits per heavy atom. The van der Waals surface area contributed by atoms with Crippen LogP contribution in [0.4, 0.5) is 0 Å². The summed E-state index contributed by atoms with van der Waals surface area (Å²) in [6, 6.07) is 0. The standard InChI is InChI=1S/C14H24N2/c1-15(2)13-11-9-7-5-6-8-10-12-14-16(3)4/h9-14H2,1-4H3. The van der Waals surface area contributed by atoms with Crippen molar-refractivity contribution in [1.29, 1.82) is 0 Å². The lowest BCUT2D eigenvalue weighted by Gasteiger charge is -2.05. The predicted molar refractivity (Wildman–Crippen MR) is 71.1 cm³/mol. The Morgan fingerprint density at radius 1 is 0.688 bits per heavy atom. The van der Waals surface area contributed by atoms with Crippen LogP contribution in [0.5, 0.6) is 0 Å². The van der Waals surface area contributed by atoms with E-state index < -0.39 is 0 Å². The van der Waals surface area contributed by atoms with E-state index in [9.17, 15) is 0 Å². The topological polar surface area (TPSA) is 6.48 Å². The van der Waals surface area contributed by atoms with Crippen molar-refractivity contribution >= 4 is 0 Å². The minimum Gasteiger partial charge on any atom is -0.309 e. The van der Waals surface area contributed by atoms with Crippen LogP contribution < -0.4 is 0 Å². The molecule has 0 N–H and O–H groups in total. The molecule has 2 nitrogen and oxygen atoms in total. The number of rotatable bonds is 6. The molecular weight excluding hydrogens is 196 g/mol. The van der Waals surface area contributed by atoms with Crippen LogP contribution in [0.25, 0.3) is 0 Å². The average Bonchev–Trinajstić information content (AvgIpc) is 2.20. The molecule has 0 aromatic carbocycles. The molecule has 0 rings (SSSR count). The summed E-state index contributed by atoms with van der Waals surface area (Å²) in [4.78, 5) is 4.35. The Labute approximate surface area is 101 Å². The monoisotopic (exact) mass is 220 g/mol. The van der Waals surface area contributed by atoms with Gasteiger partial charge in [0.25, 0.3) is 0 Å². The van der Waals surface area contributed by atoms with E-state index in [0.29, 0.717) is 0 Å². The van der Waals surface area contributed by atoms with Gasteiger partial charge in [-0.05, 0) is 66.0 Å². The van der Waals surface area contributed by atoms with Crippen molar-refractivity contribution in [3.05, 3.63) is 0 Å². The van der Waals surface area contributed by atoms with Gasteiger partial charge in [0, 0.05) is 12.8 Å². The summed E-state index contributed by atoms with van der Waals surface area (Å²) in [5.74, 6) is 12.0. The van der Waals surface area contributed by atoms with Crippen LogP contribution in [0.15, 0.2) is 0 Å². The molecular formula is C14H24N2. The summed E-state index contributed by atoms with van der Waals surface area (Å²) in [6.07, 6.45) is 4.15. The van der Waals surface area contributed by atoms with Gasteiger partial charge in [0.2, 0.25) is 0 Å². The van der Waals surface area contributed by atoms with Gasteiger partial charge in [0.15, 0.2) is 0 Å². The molecule has 0 aliphatic carbocycles. The van der Waals surface area contributed by atoms with Crippen LogP contribution in [-0.2, 0) is 0 Å². The second-order valence-corrected chi connectivity index (χ2v) is 4.42. The second kappa shape index (κ2) is 10.6. The van der Waals surface area contributed by atoms with E-state index in [1.165, 1.54) is 0 Å². The van der Waals surface area contributed by atoms with Gasteiger partial charge in [-0.25, -0.2) is 0 Å². The summed E-state index contributed by atoms with van der Waals surface area (Å²) in [7, 11) is 8.33. The van der Waals surface area contributed by atoms with Gasteiger partial charge in [-0.2, -0.15) is 0 Å². The molecule has 0 saturated heterocycles. The lowest BCUT2D eigenvalue weighted by atomic mass is 10.3. The van der Waals surface area contributed by atoms with Crippen molar-refractivity contribution < 1.29 is 0 Å². The smallest absolute Gasteiger partial charge is 0.0111 e. The van der Waals surface area contributed by atoms with E-state index >= 15 is 0 Å². The molecule has 0 amide bonds. The Bertz CT molecular complexity index is 241. The molecule has 0 fully saturated rings. The van der Waals surface area contributed by atoms with E-state index in [-0.39, 0.29) is 0 Å². The lowest BCUT2D eigenvalue weighted by molar-refractivity contribution is 0.403. The Balaban J connectivity index is 3.41. The molecule has 0 aromatic heterocycles. The van der Waals surface area contributed by atoms with Crippen molar-refractivity contribution in [1.82, 2.24) is 9.80 Å². The summed E-state index contributed by atoms with van der Waals surface area (Å²) in [5, 5.41) is 0. The third-order valence-corrected chi connectivity index (χ3v) is 2.05. The highest BCUT2D eigenvalue weighted by Crippen LogP contribution is 1.89. The molecule has 0 radical (unpaired) electrons. The third kappa shape index (κ3) is 13.0. The Morgan fingerprint density at radius 3 is 1.38 bits per heavy atom. The predicted octanol–water partition coefficient (Wildman–Crippen LogP) is 1.68. The van der Waals surface area contributed by atoms with E-state index in [2.05, 4.69) is 61.7 Å². The number of unbranched alkanes of at least 4 members (excludes halogenated alkanes) is 2. The molecule has 0 spiro atoms. The van der Waals surface area contributed by atoms with E-state index in [1.807, 2.05) is 0 Å². The summed E-state index contributed by atoms with van der Waals surface area (Å²) >= 11 is 0. The molecule has 2 heteroatoms. The SMILES string of the molecule is CN(C)CCCC#CC#CCCCN(C)C. The molecule has 0 aromatic rings. The second-order valence-electron chi connectivity index (χ2n) is 4.42. The molecule has 0 bridgehead atoms. The van der Waals surface area contributed by atoms with Gasteiger partial charge in [0.1, 0.15) is 0 Å². The zero-order chi connectivity index (χ0) is 12.2. The minimum atomic E-state index is 0.949. The third-order valence-electron chi connectivity index (χ3n) is 2.05. The van der Waals surface area contributed by atoms with Crippen molar-refractivity contribution in [3.63, 3.8) is 0 Å². The molecule has 0 saturated carbocycles. The Kier molecular flexibility index (Phi) is 9.92. The van der Waals surface area contributed by atoms with Gasteiger partial charge >= 0.3 is 0 Å². The van der Waals surface area contributed by atoms with Gasteiger partial charge in [-0.15, -0.1) is 0 Å². The Hall–Kier alpha value is -0.960. The molecule has 0 atom stereocenters. The summed E-state index contributed by atoms with van der Waals surface area (Å²) in [6.45, 7) is 2.20. The quantitative estimate of drug-likeness (QED) is 0.496. The molecule has 0 heterocycles. The molecule has 0 aliphatic rings. The van der Waals surface area contributed by atoms with Crippen LogP contribution in [-0.4, -0.2) is 51.1 Å². The number of hydrogen-bond donors (Lipinski definition) is 0. The first kappa shape index (κ1) is 15.0. The zero-order valence-corrected chi connectivity index (χ0v) is 11.1. The van der Waals surface area contributed by atoms with Crippen LogP contribution in [0, 0.1) is 23.7 Å². The number of hydrogen-bond acceptors (Lipinski definition) is 2. The largest absolute Gasteiger partial charge is 0.309 e. The minimum absolute atomic E-state index is 0.949. The van der Waals surface area contributed by atoms with Crippen LogP contribution in [0.2, 0.25) is 0 Å². The van der Waals surface area contributed by atoms with Crippen LogP contribution in [0.3, 0.4) is 0 Å². The molecule has 90 valence electrons. The molecule has 0 unspecified atom stereocenters. The zero-order valence-electron chi connectivity index (χ0n) is 11.1. The van der Waals surface area contributed by atoms with Crippen LogP contribution in [0.1, 0.15) is 25.7 Å². The van der Waals surface area contributed by atoms with Gasteiger partial charge < -0.3 is 9.80 Å². The van der Waals surface area contributed by atoms with E-state index in [0.717, 1.165) is 38.8 Å². The summed E-state index contributed by atoms with van der Waals surface area (Å²) < 4.78 is 0. The average molecular weight is 220 g/mol. The number of nitrogens with zero attached hydrogens (tertiary/aromatic N) is 2. The first-order chi connectivity index (χ1) is 7.63. The van der Waals surface area contributed by atoms with Gasteiger partial charge in [-0.3, -0.25) is 0 Å². The van der Waals surface area contributed by atoms with Gasteiger partial charge in [-0.1, -0.05) is 11.8 Å². The van der Waals surface area contributed by atoms with Crippen molar-refractivity contribution in [2.75, 3.05) is 41.3 Å². The van der Waals surface area contributed by atoms with Crippen molar-refractivity contribution in [2.24, 2.45) is 0 Å². The highest BCUT2D eigenvalue weighted by atomic mass is 15.0. The summed E-state index contributed by atoms with van der Waals surface area (Å²) in [5.41, 5.74) is 0. The fourth-order valence-electron chi connectivity index (χ4n) is 1.18. The lowest BCUT2D eigenvalue weighted by Crippen LogP contribution is -2.12. The van der Waals surface area contributed by atoms with Crippen molar-refractivity contribution in [2.45, 2.75) is 25.7 Å². The maximum absolute atomic E-state index is 3.08. The first-order valence-corrected chi connectivity index (χ1v) is 5.88. The van der Waals surface area contributed by atoms with Gasteiger partial charge in [0.05, 0.1) is 0 Å². The molecule has 0 aliphatic heterocycles. The van der Waals surface area contributed by atoms with E-state index in [4.69, 9.17) is 0 Å². The fraction of sp³-hybridized carbons (Fsp3) is 0.714. The highest BCUT2D eigenvalue weighted by Gasteiger charge is 1.87. The van der Waals surface area contributed by atoms with Crippen LogP contribution >= 0.6 is 0 Å². The maximum Gasteiger partial charge on any atom is 0.0111 e. The normalized spacial score (nSPS) is 9.62. The van der Waals surface area contributed by atoms with E-state index in [1.54, 1.807) is 0 Å².